The molecule has 0 heterocycles. The third-order valence-electron chi connectivity index (χ3n) is 3.10. The van der Waals surface area contributed by atoms with Gasteiger partial charge in [-0.2, -0.15) is 0 Å². The molecule has 0 aromatic heterocycles. The molecule has 0 amide bonds. The second-order valence-corrected chi connectivity index (χ2v) is 4.67. The minimum absolute atomic E-state index is 0.127. The number of aliphatic hydroxyl groups excluding tert-OH is 1. The van der Waals surface area contributed by atoms with Gasteiger partial charge in [-0.05, 0) is 32.1 Å². The second-order valence-electron chi connectivity index (χ2n) is 4.67. The van der Waals surface area contributed by atoms with E-state index in [0.29, 0.717) is 0 Å². The fourth-order valence-electron chi connectivity index (χ4n) is 2.06. The fourth-order valence-corrected chi connectivity index (χ4v) is 2.06. The summed E-state index contributed by atoms with van der Waals surface area (Å²) in [7, 11) is 0. The fraction of sp³-hybridized carbons (Fsp3) is 0.714. The van der Waals surface area contributed by atoms with Crippen LogP contribution in [0.4, 0.5) is 0 Å². The molecule has 0 aromatic carbocycles. The maximum Gasteiger partial charge on any atom is 0.0574 e. The van der Waals surface area contributed by atoms with E-state index in [1.165, 1.54) is 30.4 Å². The van der Waals surface area contributed by atoms with Crippen LogP contribution in [0.2, 0.25) is 0 Å². The van der Waals surface area contributed by atoms with E-state index in [9.17, 15) is 5.11 Å². The smallest absolute Gasteiger partial charge is 0.0574 e. The molecule has 1 saturated carbocycles. The van der Waals surface area contributed by atoms with Gasteiger partial charge in [0, 0.05) is 0 Å². The van der Waals surface area contributed by atoms with Crippen LogP contribution in [0.1, 0.15) is 58.3 Å². The average Bonchev–Trinajstić information content (AvgIpc) is 2.62. The molecule has 1 rings (SSSR count). The van der Waals surface area contributed by atoms with Crippen molar-refractivity contribution < 1.29 is 5.11 Å². The van der Waals surface area contributed by atoms with Gasteiger partial charge in [-0.3, -0.25) is 0 Å². The standard InChI is InChI=1S/C14H24O/c1-3-4-5-6-14(15)10-9-13-8-7-12(2)11-13/h9,14-15H,2-8,10-11H2,1H3/b13-9-. The Hall–Kier alpha value is -0.560. The van der Waals surface area contributed by atoms with Crippen LogP contribution < -0.4 is 0 Å². The number of unbranched alkanes of at least 4 members (excludes halogenated alkanes) is 2. The molecule has 1 aliphatic rings. The van der Waals surface area contributed by atoms with Crippen molar-refractivity contribution in [1.29, 1.82) is 0 Å². The van der Waals surface area contributed by atoms with Gasteiger partial charge in [0.05, 0.1) is 6.10 Å². The SMILES string of the molecule is C=C1CC/C(=C/CC(O)CCCCC)C1. The first-order valence-electron chi connectivity index (χ1n) is 6.25. The first kappa shape index (κ1) is 12.5. The Morgan fingerprint density at radius 2 is 2.20 bits per heavy atom. The molecule has 0 aliphatic heterocycles. The van der Waals surface area contributed by atoms with E-state index in [1.807, 2.05) is 0 Å². The average molecular weight is 208 g/mol. The van der Waals surface area contributed by atoms with Crippen LogP contribution in [0.3, 0.4) is 0 Å². The maximum absolute atomic E-state index is 9.74. The summed E-state index contributed by atoms with van der Waals surface area (Å²) in [4.78, 5) is 0. The lowest BCUT2D eigenvalue weighted by atomic mass is 10.1. The number of hydrogen-bond acceptors (Lipinski definition) is 1. The Morgan fingerprint density at radius 1 is 1.40 bits per heavy atom. The van der Waals surface area contributed by atoms with E-state index in [-0.39, 0.29) is 6.10 Å². The van der Waals surface area contributed by atoms with E-state index >= 15 is 0 Å². The van der Waals surface area contributed by atoms with Crippen molar-refractivity contribution in [3.8, 4) is 0 Å². The lowest BCUT2D eigenvalue weighted by Crippen LogP contribution is -2.04. The topological polar surface area (TPSA) is 20.2 Å². The molecule has 1 heteroatoms. The molecule has 1 fully saturated rings. The van der Waals surface area contributed by atoms with E-state index in [1.54, 1.807) is 0 Å². The zero-order valence-electron chi connectivity index (χ0n) is 9.97. The Kier molecular flexibility index (Phi) is 5.70. The van der Waals surface area contributed by atoms with Gasteiger partial charge in [0.15, 0.2) is 0 Å². The summed E-state index contributed by atoms with van der Waals surface area (Å²) in [6, 6.07) is 0. The van der Waals surface area contributed by atoms with Crippen molar-refractivity contribution >= 4 is 0 Å². The Morgan fingerprint density at radius 3 is 2.80 bits per heavy atom. The molecule has 86 valence electrons. The molecule has 0 radical (unpaired) electrons. The molecular weight excluding hydrogens is 184 g/mol. The minimum atomic E-state index is -0.127. The highest BCUT2D eigenvalue weighted by molar-refractivity contribution is 5.20. The minimum Gasteiger partial charge on any atom is -0.393 e. The van der Waals surface area contributed by atoms with Gasteiger partial charge in [-0.25, -0.2) is 0 Å². The van der Waals surface area contributed by atoms with E-state index in [4.69, 9.17) is 0 Å². The largest absolute Gasteiger partial charge is 0.393 e. The summed E-state index contributed by atoms with van der Waals surface area (Å²) in [5.41, 5.74) is 2.83. The highest BCUT2D eigenvalue weighted by Gasteiger charge is 2.10. The molecule has 1 atom stereocenters. The predicted octanol–water partition coefficient (Wildman–Crippen LogP) is 3.98. The van der Waals surface area contributed by atoms with Crippen molar-refractivity contribution in [2.24, 2.45) is 0 Å². The van der Waals surface area contributed by atoms with Gasteiger partial charge in [-0.15, -0.1) is 0 Å². The third-order valence-corrected chi connectivity index (χ3v) is 3.10. The lowest BCUT2D eigenvalue weighted by Gasteiger charge is -2.07. The van der Waals surface area contributed by atoms with Crippen LogP contribution in [0, 0.1) is 0 Å². The molecule has 0 saturated heterocycles. The van der Waals surface area contributed by atoms with Crippen LogP contribution >= 0.6 is 0 Å². The number of allylic oxidation sites excluding steroid dienone is 2. The molecule has 0 aromatic rings. The molecular formula is C14H24O. The van der Waals surface area contributed by atoms with Crippen LogP contribution in [0.15, 0.2) is 23.8 Å². The summed E-state index contributed by atoms with van der Waals surface area (Å²) in [6.07, 6.45) is 10.9. The van der Waals surface area contributed by atoms with Crippen molar-refractivity contribution in [2.75, 3.05) is 0 Å². The van der Waals surface area contributed by atoms with Crippen LogP contribution in [-0.4, -0.2) is 11.2 Å². The third kappa shape index (κ3) is 5.17. The quantitative estimate of drug-likeness (QED) is 0.517. The van der Waals surface area contributed by atoms with Crippen LogP contribution in [-0.2, 0) is 0 Å². The van der Waals surface area contributed by atoms with Crippen molar-refractivity contribution in [1.82, 2.24) is 0 Å². The molecule has 0 spiro atoms. The number of aliphatic hydroxyl groups is 1. The first-order valence-corrected chi connectivity index (χ1v) is 6.25. The summed E-state index contributed by atoms with van der Waals surface area (Å²) < 4.78 is 0. The summed E-state index contributed by atoms with van der Waals surface area (Å²) in [6.45, 7) is 6.18. The predicted molar refractivity (Wildman–Crippen MR) is 65.8 cm³/mol. The number of rotatable bonds is 6. The number of hydrogen-bond donors (Lipinski definition) is 1. The van der Waals surface area contributed by atoms with Crippen molar-refractivity contribution in [3.63, 3.8) is 0 Å². The van der Waals surface area contributed by atoms with Gasteiger partial charge in [0.25, 0.3) is 0 Å². The molecule has 15 heavy (non-hydrogen) atoms. The second kappa shape index (κ2) is 6.84. The van der Waals surface area contributed by atoms with Gasteiger partial charge in [0.2, 0.25) is 0 Å². The molecule has 0 bridgehead atoms. The summed E-state index contributed by atoms with van der Waals surface area (Å²) in [5, 5.41) is 9.74. The summed E-state index contributed by atoms with van der Waals surface area (Å²) in [5.74, 6) is 0. The normalized spacial score (nSPS) is 21.2. The first-order chi connectivity index (χ1) is 7.22. The van der Waals surface area contributed by atoms with Gasteiger partial charge >= 0.3 is 0 Å². The molecule has 1 N–H and O–H groups in total. The Bertz CT molecular complexity index is 227. The molecule has 1 nitrogen and oxygen atoms in total. The zero-order valence-corrected chi connectivity index (χ0v) is 9.97. The highest BCUT2D eigenvalue weighted by atomic mass is 16.3. The zero-order chi connectivity index (χ0) is 11.1. The van der Waals surface area contributed by atoms with Crippen molar-refractivity contribution in [2.45, 2.75) is 64.4 Å². The maximum atomic E-state index is 9.74. The van der Waals surface area contributed by atoms with E-state index < -0.39 is 0 Å². The van der Waals surface area contributed by atoms with Gasteiger partial charge in [0.1, 0.15) is 0 Å². The van der Waals surface area contributed by atoms with Gasteiger partial charge < -0.3 is 5.11 Å². The molecule has 1 unspecified atom stereocenters. The highest BCUT2D eigenvalue weighted by Crippen LogP contribution is 2.28. The van der Waals surface area contributed by atoms with Crippen LogP contribution in [0.5, 0.6) is 0 Å². The Labute approximate surface area is 93.9 Å². The molecule has 1 aliphatic carbocycles. The van der Waals surface area contributed by atoms with E-state index in [2.05, 4.69) is 19.6 Å². The summed E-state index contributed by atoms with van der Waals surface area (Å²) >= 11 is 0. The van der Waals surface area contributed by atoms with Crippen LogP contribution in [0.25, 0.3) is 0 Å². The monoisotopic (exact) mass is 208 g/mol. The van der Waals surface area contributed by atoms with E-state index in [0.717, 1.165) is 32.1 Å². The van der Waals surface area contributed by atoms with Crippen molar-refractivity contribution in [3.05, 3.63) is 23.8 Å². The Balaban J connectivity index is 2.15. The lowest BCUT2D eigenvalue weighted by molar-refractivity contribution is 0.163. The van der Waals surface area contributed by atoms with Gasteiger partial charge in [-0.1, -0.05) is 50.0 Å².